The quantitative estimate of drug-likeness (QED) is 0.760. The number of nitrogens with zero attached hydrogens (tertiary/aromatic N) is 2. The van der Waals surface area contributed by atoms with Gasteiger partial charge in [-0.1, -0.05) is 28.6 Å². The molecular weight excluding hydrogens is 394 g/mol. The molecule has 0 radical (unpaired) electrons. The summed E-state index contributed by atoms with van der Waals surface area (Å²) < 4.78 is 6.65. The van der Waals surface area contributed by atoms with Gasteiger partial charge in [-0.05, 0) is 31.0 Å². The predicted molar refractivity (Wildman–Crippen MR) is 103 cm³/mol. The summed E-state index contributed by atoms with van der Waals surface area (Å²) in [5, 5.41) is 9.81. The number of Topliss-reactive ketones (excluding diaryl/α,β-unsaturated/α-hetero) is 1. The third-order valence-corrected chi connectivity index (χ3v) is 5.30. The third-order valence-electron chi connectivity index (χ3n) is 4.81. The van der Waals surface area contributed by atoms with Gasteiger partial charge in [-0.25, -0.2) is 0 Å². The Kier molecular flexibility index (Phi) is 5.19. The minimum Gasteiger partial charge on any atom is -0.489 e. The molecule has 6 heteroatoms. The van der Waals surface area contributed by atoms with Crippen molar-refractivity contribution in [3.63, 3.8) is 0 Å². The van der Waals surface area contributed by atoms with Gasteiger partial charge in [0, 0.05) is 34.8 Å². The van der Waals surface area contributed by atoms with Crippen LogP contribution in [0.25, 0.3) is 0 Å². The van der Waals surface area contributed by atoms with E-state index in [9.17, 15) is 10.1 Å². The Labute approximate surface area is 161 Å². The van der Waals surface area contributed by atoms with Crippen molar-refractivity contribution in [2.24, 2.45) is 5.73 Å². The number of allylic oxidation sites excluding steroid dienone is 3. The lowest BCUT2D eigenvalue weighted by molar-refractivity contribution is -0.116. The van der Waals surface area contributed by atoms with Crippen LogP contribution in [0.1, 0.15) is 30.7 Å². The van der Waals surface area contributed by atoms with Crippen molar-refractivity contribution in [3.8, 4) is 11.8 Å². The van der Waals surface area contributed by atoms with E-state index < -0.39 is 5.92 Å². The average molecular weight is 414 g/mol. The number of hydrogen-bond donors (Lipinski definition) is 1. The monoisotopic (exact) mass is 413 g/mol. The summed E-state index contributed by atoms with van der Waals surface area (Å²) in [7, 11) is 1.81. The minimum atomic E-state index is -0.517. The molecule has 1 aromatic rings. The van der Waals surface area contributed by atoms with Gasteiger partial charge in [-0.3, -0.25) is 4.79 Å². The fourth-order valence-electron chi connectivity index (χ4n) is 3.60. The van der Waals surface area contributed by atoms with Crippen molar-refractivity contribution in [3.05, 3.63) is 63.6 Å². The Morgan fingerprint density at radius 1 is 1.50 bits per heavy atom. The van der Waals surface area contributed by atoms with Crippen LogP contribution in [0.2, 0.25) is 0 Å². The largest absolute Gasteiger partial charge is 0.489 e. The molecule has 1 atom stereocenters. The topological polar surface area (TPSA) is 79.3 Å². The van der Waals surface area contributed by atoms with Crippen molar-refractivity contribution in [1.82, 2.24) is 4.90 Å². The molecule has 5 nitrogen and oxygen atoms in total. The van der Waals surface area contributed by atoms with Crippen LogP contribution in [-0.4, -0.2) is 24.3 Å². The molecule has 0 saturated heterocycles. The van der Waals surface area contributed by atoms with E-state index in [0.29, 0.717) is 35.7 Å². The highest BCUT2D eigenvalue weighted by Gasteiger charge is 2.39. The van der Waals surface area contributed by atoms with E-state index in [2.05, 4.69) is 28.6 Å². The lowest BCUT2D eigenvalue weighted by atomic mass is 9.75. The summed E-state index contributed by atoms with van der Waals surface area (Å²) >= 11 is 3.49. The van der Waals surface area contributed by atoms with Crippen LogP contribution in [0, 0.1) is 11.3 Å². The van der Waals surface area contributed by atoms with Crippen LogP contribution in [0.5, 0.6) is 5.75 Å². The molecule has 3 rings (SSSR count). The summed E-state index contributed by atoms with van der Waals surface area (Å²) in [6.45, 7) is 4.02. The zero-order valence-electron chi connectivity index (χ0n) is 14.6. The van der Waals surface area contributed by atoms with E-state index >= 15 is 0 Å². The fraction of sp³-hybridized carbons (Fsp3) is 0.300. The average Bonchev–Trinajstić information content (AvgIpc) is 2.63. The number of carbonyl (C=O) groups excluding carboxylic acids is 1. The molecule has 2 aliphatic rings. The van der Waals surface area contributed by atoms with Gasteiger partial charge in [0.05, 0.1) is 17.6 Å². The second kappa shape index (κ2) is 7.38. The van der Waals surface area contributed by atoms with Crippen molar-refractivity contribution in [2.75, 3.05) is 13.7 Å². The fourth-order valence-corrected chi connectivity index (χ4v) is 3.98. The number of nitrogens with two attached hydrogens (primary N) is 1. The number of carbonyl (C=O) groups is 1. The van der Waals surface area contributed by atoms with Gasteiger partial charge in [0.2, 0.25) is 0 Å². The van der Waals surface area contributed by atoms with Gasteiger partial charge in [-0.15, -0.1) is 0 Å². The van der Waals surface area contributed by atoms with E-state index in [-0.39, 0.29) is 5.78 Å². The number of hydrogen-bond acceptors (Lipinski definition) is 5. The zero-order valence-corrected chi connectivity index (χ0v) is 16.2. The highest BCUT2D eigenvalue weighted by atomic mass is 79.9. The van der Waals surface area contributed by atoms with Crippen molar-refractivity contribution >= 4 is 21.7 Å². The highest BCUT2D eigenvalue weighted by Crippen LogP contribution is 2.47. The molecule has 2 N–H and O–H groups in total. The Morgan fingerprint density at radius 2 is 2.27 bits per heavy atom. The molecule has 0 spiro atoms. The van der Waals surface area contributed by atoms with E-state index in [0.717, 1.165) is 28.6 Å². The molecule has 0 bridgehead atoms. The minimum absolute atomic E-state index is 0.0676. The second-order valence-corrected chi connectivity index (χ2v) is 7.24. The van der Waals surface area contributed by atoms with Crippen LogP contribution in [-0.2, 0) is 4.79 Å². The number of benzene rings is 1. The Morgan fingerprint density at radius 3 is 2.96 bits per heavy atom. The Balaban J connectivity index is 2.25. The summed E-state index contributed by atoms with van der Waals surface area (Å²) in [5.74, 6) is 0.559. The lowest BCUT2D eigenvalue weighted by Crippen LogP contribution is -2.36. The van der Waals surface area contributed by atoms with Crippen molar-refractivity contribution in [1.29, 1.82) is 5.26 Å². The molecule has 1 heterocycles. The molecule has 0 fully saturated rings. The zero-order chi connectivity index (χ0) is 18.8. The maximum atomic E-state index is 12.8. The van der Waals surface area contributed by atoms with Crippen LogP contribution in [0.15, 0.2) is 58.0 Å². The number of halogens is 1. The van der Waals surface area contributed by atoms with E-state index in [4.69, 9.17) is 10.5 Å². The lowest BCUT2D eigenvalue weighted by Gasteiger charge is -2.38. The van der Waals surface area contributed by atoms with Gasteiger partial charge in [-0.2, -0.15) is 5.26 Å². The molecule has 0 saturated carbocycles. The summed E-state index contributed by atoms with van der Waals surface area (Å²) in [4.78, 5) is 14.6. The Bertz CT molecular complexity index is 880. The molecule has 1 aliphatic carbocycles. The van der Waals surface area contributed by atoms with E-state index in [1.54, 1.807) is 11.0 Å². The van der Waals surface area contributed by atoms with Crippen LogP contribution in [0.4, 0.5) is 0 Å². The van der Waals surface area contributed by atoms with Gasteiger partial charge in [0.15, 0.2) is 5.78 Å². The number of nitriles is 1. The van der Waals surface area contributed by atoms with Gasteiger partial charge >= 0.3 is 0 Å². The van der Waals surface area contributed by atoms with Crippen molar-refractivity contribution < 1.29 is 9.53 Å². The van der Waals surface area contributed by atoms with Crippen LogP contribution < -0.4 is 10.5 Å². The molecule has 134 valence electrons. The molecule has 0 unspecified atom stereocenters. The maximum absolute atomic E-state index is 12.8. The van der Waals surface area contributed by atoms with Gasteiger partial charge in [0.1, 0.15) is 18.2 Å². The number of ketones is 1. The molecular formula is C20H20BrN3O2. The first-order valence-corrected chi connectivity index (χ1v) is 9.21. The first-order chi connectivity index (χ1) is 12.5. The molecule has 1 aromatic carbocycles. The number of rotatable bonds is 4. The van der Waals surface area contributed by atoms with E-state index in [1.165, 1.54) is 0 Å². The first kappa shape index (κ1) is 18.3. The SMILES string of the molecule is C=CCOc1ccc(Br)cc1[C@H]1C(C#N)=C(N)N(C)C2=C1C(=O)CCC2. The maximum Gasteiger partial charge on any atom is 0.161 e. The summed E-state index contributed by atoms with van der Waals surface area (Å²) in [5.41, 5.74) is 8.97. The Hall–Kier alpha value is -2.52. The third kappa shape index (κ3) is 3.04. The molecule has 0 amide bonds. The predicted octanol–water partition coefficient (Wildman–Crippen LogP) is 3.74. The second-order valence-electron chi connectivity index (χ2n) is 6.32. The number of ether oxygens (including phenoxy) is 1. The first-order valence-electron chi connectivity index (χ1n) is 8.42. The smallest absolute Gasteiger partial charge is 0.161 e. The van der Waals surface area contributed by atoms with Gasteiger partial charge < -0.3 is 15.4 Å². The van der Waals surface area contributed by atoms with Crippen LogP contribution >= 0.6 is 15.9 Å². The van der Waals surface area contributed by atoms with Crippen LogP contribution in [0.3, 0.4) is 0 Å². The highest BCUT2D eigenvalue weighted by molar-refractivity contribution is 9.10. The van der Waals surface area contributed by atoms with Crippen molar-refractivity contribution in [2.45, 2.75) is 25.2 Å². The summed E-state index contributed by atoms with van der Waals surface area (Å²) in [6, 6.07) is 7.82. The van der Waals surface area contributed by atoms with Gasteiger partial charge in [0.25, 0.3) is 0 Å². The molecule has 26 heavy (non-hydrogen) atoms. The normalized spacial score (nSPS) is 20.0. The van der Waals surface area contributed by atoms with E-state index in [1.807, 2.05) is 25.2 Å². The summed E-state index contributed by atoms with van der Waals surface area (Å²) in [6.07, 6.45) is 3.71. The standard InChI is InChI=1S/C20H20BrN3O2/c1-3-9-26-17-8-7-12(21)10-13(17)18-14(11-22)20(23)24(2)15-5-4-6-16(25)19(15)18/h3,7-8,10,18H,1,4-6,9,23H2,2H3/t18-/m0/s1. The molecule has 1 aliphatic heterocycles. The molecule has 0 aromatic heterocycles.